The molecular weight excluding hydrogens is 611 g/mol. The Labute approximate surface area is 290 Å². The molecule has 0 saturated carbocycles. The molecule has 0 N–H and O–H groups in total. The van der Waals surface area contributed by atoms with E-state index >= 15 is 0 Å². The molecule has 7 aromatic carbocycles. The zero-order chi connectivity index (χ0) is 33.0. The van der Waals surface area contributed by atoms with Crippen LogP contribution in [0.25, 0.3) is 81.0 Å². The summed E-state index contributed by atoms with van der Waals surface area (Å²) in [5, 5.41) is 5.35. The Balaban J connectivity index is 1.17. The Morgan fingerprint density at radius 2 is 1.18 bits per heavy atom. The number of rotatable bonds is 3. The minimum atomic E-state index is -0.137. The summed E-state index contributed by atoms with van der Waals surface area (Å²) in [7, 11) is 0. The Morgan fingerprint density at radius 1 is 0.490 bits per heavy atom. The molecule has 234 valence electrons. The van der Waals surface area contributed by atoms with Crippen molar-refractivity contribution in [1.29, 1.82) is 0 Å². The van der Waals surface area contributed by atoms with Crippen LogP contribution in [0.4, 0.5) is 0 Å². The molecule has 2 aromatic heterocycles. The van der Waals surface area contributed by atoms with Gasteiger partial charge in [-0.2, -0.15) is 0 Å². The molecule has 0 bridgehead atoms. The molecule has 0 unspecified atom stereocenters. The zero-order valence-corrected chi connectivity index (χ0v) is 29.0. The van der Waals surface area contributed by atoms with Crippen molar-refractivity contribution in [1.82, 2.24) is 4.57 Å². The SMILES string of the molecule is Cc1ccccc1-c1cc(-c2ccc3c4ccccc4n(-c4ccc5c(c4)C(C)(C)c4c-5ccc5sc6ccccc6c45)c3c2)ccc1C. The zero-order valence-electron chi connectivity index (χ0n) is 28.1. The van der Waals surface area contributed by atoms with Crippen LogP contribution in [0.15, 0.2) is 140 Å². The first-order valence-corrected chi connectivity index (χ1v) is 18.0. The molecule has 0 saturated heterocycles. The number of nitrogens with zero attached hydrogens (tertiary/aromatic N) is 1. The highest BCUT2D eigenvalue weighted by Gasteiger charge is 2.38. The third kappa shape index (κ3) is 4.05. The van der Waals surface area contributed by atoms with Crippen LogP contribution < -0.4 is 0 Å². The lowest BCUT2D eigenvalue weighted by Gasteiger charge is -2.23. The standard InChI is InChI=1S/C47H35NS/c1-28-11-5-6-12-33(28)39-25-30(18-17-29(39)2)31-19-21-36-35-13-7-9-15-41(35)48(42(36)26-31)32-20-22-34-37-23-24-44-45(38-14-8-10-16-43(38)49-44)46(37)47(3,4)40(34)27-32/h5-27H,1-4H3. The fourth-order valence-corrected chi connectivity index (χ4v) is 9.76. The summed E-state index contributed by atoms with van der Waals surface area (Å²) in [6.45, 7) is 9.25. The highest BCUT2D eigenvalue weighted by molar-refractivity contribution is 7.25. The number of fused-ring (bicyclic) bond motifs is 10. The summed E-state index contributed by atoms with van der Waals surface area (Å²) in [5.41, 5.74) is 16.8. The van der Waals surface area contributed by atoms with E-state index in [1.54, 1.807) is 0 Å². The van der Waals surface area contributed by atoms with Crippen molar-refractivity contribution in [3.8, 4) is 39.1 Å². The molecule has 0 spiro atoms. The molecule has 2 heteroatoms. The molecule has 0 radical (unpaired) electrons. The van der Waals surface area contributed by atoms with Crippen LogP contribution in [0.5, 0.6) is 0 Å². The third-order valence-electron chi connectivity index (χ3n) is 11.1. The molecule has 1 nitrogen and oxygen atoms in total. The Morgan fingerprint density at radius 3 is 2.06 bits per heavy atom. The first-order valence-electron chi connectivity index (χ1n) is 17.2. The highest BCUT2D eigenvalue weighted by Crippen LogP contribution is 2.54. The van der Waals surface area contributed by atoms with E-state index < -0.39 is 0 Å². The van der Waals surface area contributed by atoms with Gasteiger partial charge in [0, 0.05) is 42.0 Å². The van der Waals surface area contributed by atoms with Crippen LogP contribution in [0, 0.1) is 13.8 Å². The van der Waals surface area contributed by atoms with Crippen molar-refractivity contribution in [2.45, 2.75) is 33.1 Å². The van der Waals surface area contributed by atoms with Crippen molar-refractivity contribution < 1.29 is 0 Å². The second-order valence-corrected chi connectivity index (χ2v) is 15.3. The van der Waals surface area contributed by atoms with Crippen LogP contribution in [0.3, 0.4) is 0 Å². The largest absolute Gasteiger partial charge is 0.309 e. The number of hydrogen-bond donors (Lipinski definition) is 0. The van der Waals surface area contributed by atoms with Gasteiger partial charge in [-0.25, -0.2) is 0 Å². The number of para-hydroxylation sites is 1. The lowest BCUT2D eigenvalue weighted by molar-refractivity contribution is 0.666. The van der Waals surface area contributed by atoms with E-state index in [9.17, 15) is 0 Å². The number of hydrogen-bond acceptors (Lipinski definition) is 1. The van der Waals surface area contributed by atoms with Crippen molar-refractivity contribution in [2.75, 3.05) is 0 Å². The molecule has 1 aliphatic rings. The molecule has 0 fully saturated rings. The van der Waals surface area contributed by atoms with Gasteiger partial charge in [-0.3, -0.25) is 0 Å². The van der Waals surface area contributed by atoms with Crippen molar-refractivity contribution in [3.05, 3.63) is 162 Å². The van der Waals surface area contributed by atoms with Gasteiger partial charge in [0.1, 0.15) is 0 Å². The van der Waals surface area contributed by atoms with Gasteiger partial charge in [0.15, 0.2) is 0 Å². The summed E-state index contributed by atoms with van der Waals surface area (Å²) in [4.78, 5) is 0. The summed E-state index contributed by atoms with van der Waals surface area (Å²) in [6, 6.07) is 52.3. The van der Waals surface area contributed by atoms with Crippen LogP contribution in [0.1, 0.15) is 36.1 Å². The average Bonchev–Trinajstić information content (AvgIpc) is 3.74. The maximum atomic E-state index is 2.49. The molecule has 49 heavy (non-hydrogen) atoms. The summed E-state index contributed by atoms with van der Waals surface area (Å²) < 4.78 is 5.22. The highest BCUT2D eigenvalue weighted by atomic mass is 32.1. The number of benzene rings is 7. The lowest BCUT2D eigenvalue weighted by atomic mass is 9.80. The lowest BCUT2D eigenvalue weighted by Crippen LogP contribution is -2.15. The van der Waals surface area contributed by atoms with Gasteiger partial charge < -0.3 is 4.57 Å². The maximum absolute atomic E-state index is 2.49. The van der Waals surface area contributed by atoms with Crippen molar-refractivity contribution in [3.63, 3.8) is 0 Å². The second-order valence-electron chi connectivity index (χ2n) is 14.2. The first-order chi connectivity index (χ1) is 23.9. The van der Waals surface area contributed by atoms with E-state index in [0.717, 1.165) is 0 Å². The fourth-order valence-electron chi connectivity index (χ4n) is 8.64. The topological polar surface area (TPSA) is 4.93 Å². The molecule has 0 aliphatic heterocycles. The second kappa shape index (κ2) is 10.3. The van der Waals surface area contributed by atoms with Crippen LogP contribution >= 0.6 is 11.3 Å². The summed E-state index contributed by atoms with van der Waals surface area (Å²) in [5.74, 6) is 0. The van der Waals surface area contributed by atoms with E-state index in [-0.39, 0.29) is 5.41 Å². The van der Waals surface area contributed by atoms with Gasteiger partial charge in [0.25, 0.3) is 0 Å². The molecule has 10 rings (SSSR count). The number of thiophene rings is 1. The van der Waals surface area contributed by atoms with E-state index in [0.29, 0.717) is 0 Å². The van der Waals surface area contributed by atoms with Gasteiger partial charge in [-0.1, -0.05) is 111 Å². The van der Waals surface area contributed by atoms with Crippen molar-refractivity contribution >= 4 is 53.3 Å². The van der Waals surface area contributed by atoms with Gasteiger partial charge in [0.05, 0.1) is 11.0 Å². The summed E-state index contributed by atoms with van der Waals surface area (Å²) >= 11 is 1.91. The quantitative estimate of drug-likeness (QED) is 0.180. The predicted octanol–water partition coefficient (Wildman–Crippen LogP) is 13.4. The van der Waals surface area contributed by atoms with Crippen molar-refractivity contribution in [2.24, 2.45) is 0 Å². The van der Waals surface area contributed by atoms with Gasteiger partial charge in [-0.15, -0.1) is 11.3 Å². The number of aryl methyl sites for hydroxylation is 2. The maximum Gasteiger partial charge on any atom is 0.0547 e. The van der Waals surface area contributed by atoms with Gasteiger partial charge in [0.2, 0.25) is 0 Å². The minimum Gasteiger partial charge on any atom is -0.309 e. The molecule has 1 aliphatic carbocycles. The van der Waals surface area contributed by atoms with E-state index in [4.69, 9.17) is 0 Å². The predicted molar refractivity (Wildman–Crippen MR) is 212 cm³/mol. The summed E-state index contributed by atoms with van der Waals surface area (Å²) in [6.07, 6.45) is 0. The van der Waals surface area contributed by atoms with E-state index in [1.165, 1.54) is 103 Å². The van der Waals surface area contributed by atoms with E-state index in [2.05, 4.69) is 172 Å². The van der Waals surface area contributed by atoms with E-state index in [1.807, 2.05) is 11.3 Å². The molecule has 2 heterocycles. The first kappa shape index (κ1) is 28.6. The molecular formula is C47H35NS. The monoisotopic (exact) mass is 645 g/mol. The molecule has 0 amide bonds. The fraction of sp³-hybridized carbons (Fsp3) is 0.106. The Hall–Kier alpha value is -5.44. The average molecular weight is 646 g/mol. The third-order valence-corrected chi connectivity index (χ3v) is 12.2. The van der Waals surface area contributed by atoms with Crippen LogP contribution in [-0.4, -0.2) is 4.57 Å². The number of aromatic nitrogens is 1. The van der Waals surface area contributed by atoms with Crippen LogP contribution in [0.2, 0.25) is 0 Å². The van der Waals surface area contributed by atoms with Gasteiger partial charge >= 0.3 is 0 Å². The minimum absolute atomic E-state index is 0.137. The smallest absolute Gasteiger partial charge is 0.0547 e. The van der Waals surface area contributed by atoms with Crippen LogP contribution in [-0.2, 0) is 5.41 Å². The Kier molecular flexibility index (Phi) is 5.99. The molecule has 9 aromatic rings. The molecule has 0 atom stereocenters. The van der Waals surface area contributed by atoms with Gasteiger partial charge in [-0.05, 0) is 112 Å². The Bertz CT molecular complexity index is 2820. The normalized spacial score (nSPS) is 13.5.